The number of alkyl halides is 3. The van der Waals surface area contributed by atoms with Crippen molar-refractivity contribution < 1.29 is 27.2 Å². The molecule has 2 aromatic heterocycles. The number of halogens is 3. The minimum Gasteiger partial charge on any atom is -0.489 e. The van der Waals surface area contributed by atoms with Crippen LogP contribution < -0.4 is 9.64 Å². The Bertz CT molecular complexity index is 1170. The normalized spacial score (nSPS) is 16.2. The Morgan fingerprint density at radius 1 is 1.19 bits per heavy atom. The number of carbonyl (C=O) groups is 1. The van der Waals surface area contributed by atoms with Crippen molar-refractivity contribution >= 4 is 11.7 Å². The minimum atomic E-state index is -4.46. The molecule has 1 unspecified atom stereocenters. The third kappa shape index (κ3) is 3.96. The van der Waals surface area contributed by atoms with Crippen LogP contribution in [0, 0.1) is 27.7 Å². The summed E-state index contributed by atoms with van der Waals surface area (Å²) < 4.78 is 52.3. The molecule has 3 heterocycles. The van der Waals surface area contributed by atoms with Gasteiger partial charge in [0.2, 0.25) is 0 Å². The van der Waals surface area contributed by atoms with E-state index >= 15 is 0 Å². The number of amides is 1. The van der Waals surface area contributed by atoms with Gasteiger partial charge in [-0.05, 0) is 57.4 Å². The Hall–Kier alpha value is -3.30. The highest BCUT2D eigenvalue weighted by Crippen LogP contribution is 2.40. The second-order valence-electron chi connectivity index (χ2n) is 7.99. The summed E-state index contributed by atoms with van der Waals surface area (Å²) in [6.45, 7) is 7.14. The van der Waals surface area contributed by atoms with Crippen molar-refractivity contribution in [2.24, 2.45) is 0 Å². The molecule has 32 heavy (non-hydrogen) atoms. The maximum atomic E-state index is 13.5. The molecule has 0 saturated carbocycles. The molecule has 3 aromatic rings. The average Bonchev–Trinajstić information content (AvgIpc) is 3.28. The maximum Gasteiger partial charge on any atom is 0.410 e. The monoisotopic (exact) mass is 448 g/mol. The Labute approximate surface area is 182 Å². The lowest BCUT2D eigenvalue weighted by Gasteiger charge is -2.33. The summed E-state index contributed by atoms with van der Waals surface area (Å²) in [5.74, 6) is 0.573. The molecular weight excluding hydrogens is 425 g/mol. The summed E-state index contributed by atoms with van der Waals surface area (Å²) in [5, 5.41) is 7.86. The SMILES string of the molecule is Cc1cc2n(n1)C(C(F)(F)F)CCN2C(=O)c1noc(C)c1COc1ccc(C)c(C)c1. The summed E-state index contributed by atoms with van der Waals surface area (Å²) in [5.41, 5.74) is 3.06. The van der Waals surface area contributed by atoms with E-state index in [0.29, 0.717) is 22.8 Å². The van der Waals surface area contributed by atoms with Crippen molar-refractivity contribution in [1.29, 1.82) is 0 Å². The summed E-state index contributed by atoms with van der Waals surface area (Å²) in [6, 6.07) is 5.35. The van der Waals surface area contributed by atoms with Gasteiger partial charge < -0.3 is 9.26 Å². The van der Waals surface area contributed by atoms with Crippen LogP contribution in [0.2, 0.25) is 0 Å². The Kier molecular flexibility index (Phi) is 5.47. The van der Waals surface area contributed by atoms with Crippen LogP contribution in [0.5, 0.6) is 5.75 Å². The number of nitrogens with zero attached hydrogens (tertiary/aromatic N) is 4. The summed E-state index contributed by atoms with van der Waals surface area (Å²) in [4.78, 5) is 14.6. The Balaban J connectivity index is 1.61. The second-order valence-corrected chi connectivity index (χ2v) is 7.99. The standard InChI is InChI=1S/C22H23F3N4O3/c1-12-5-6-16(9-13(12)2)31-11-17-15(4)32-27-20(17)21(30)28-8-7-18(22(23,24)25)29-19(28)10-14(3)26-29/h5-6,9-10,18H,7-8,11H2,1-4H3. The molecule has 10 heteroatoms. The van der Waals surface area contributed by atoms with E-state index in [0.717, 1.165) is 15.8 Å². The molecule has 1 aliphatic heterocycles. The second kappa shape index (κ2) is 7.99. The maximum absolute atomic E-state index is 13.5. The Morgan fingerprint density at radius 3 is 2.62 bits per heavy atom. The number of hydrogen-bond acceptors (Lipinski definition) is 5. The molecule has 1 amide bonds. The molecule has 0 saturated heterocycles. The first kappa shape index (κ1) is 21.9. The highest BCUT2D eigenvalue weighted by atomic mass is 19.4. The first-order chi connectivity index (χ1) is 15.1. The van der Waals surface area contributed by atoms with Crippen molar-refractivity contribution in [3.05, 3.63) is 58.1 Å². The molecule has 4 rings (SSSR count). The van der Waals surface area contributed by atoms with Gasteiger partial charge >= 0.3 is 6.18 Å². The van der Waals surface area contributed by atoms with Crippen LogP contribution in [0.4, 0.5) is 19.0 Å². The van der Waals surface area contributed by atoms with E-state index in [1.165, 1.54) is 11.0 Å². The van der Waals surface area contributed by atoms with E-state index < -0.39 is 18.1 Å². The van der Waals surface area contributed by atoms with E-state index in [1.54, 1.807) is 13.8 Å². The van der Waals surface area contributed by atoms with Crippen molar-refractivity contribution in [1.82, 2.24) is 14.9 Å². The molecule has 0 N–H and O–H groups in total. The number of aryl methyl sites for hydroxylation is 4. The molecular formula is C22H23F3N4O3. The van der Waals surface area contributed by atoms with Crippen LogP contribution in [-0.4, -0.2) is 33.6 Å². The van der Waals surface area contributed by atoms with E-state index in [-0.39, 0.29) is 31.1 Å². The molecule has 0 spiro atoms. The van der Waals surface area contributed by atoms with Gasteiger partial charge in [-0.15, -0.1) is 0 Å². The summed E-state index contributed by atoms with van der Waals surface area (Å²) in [7, 11) is 0. The van der Waals surface area contributed by atoms with Crippen LogP contribution in [0.3, 0.4) is 0 Å². The molecule has 1 aliphatic rings. The Morgan fingerprint density at radius 2 is 1.94 bits per heavy atom. The highest BCUT2D eigenvalue weighted by molar-refractivity contribution is 6.05. The quantitative estimate of drug-likeness (QED) is 0.571. The lowest BCUT2D eigenvalue weighted by atomic mass is 10.1. The summed E-state index contributed by atoms with van der Waals surface area (Å²) >= 11 is 0. The number of benzene rings is 1. The lowest BCUT2D eigenvalue weighted by molar-refractivity contribution is -0.172. The zero-order chi connectivity index (χ0) is 23.2. The molecule has 0 bridgehead atoms. The van der Waals surface area contributed by atoms with E-state index in [1.807, 2.05) is 32.0 Å². The minimum absolute atomic E-state index is 0.0159. The van der Waals surface area contributed by atoms with E-state index in [9.17, 15) is 18.0 Å². The molecule has 0 radical (unpaired) electrons. The predicted molar refractivity (Wildman–Crippen MR) is 110 cm³/mol. The van der Waals surface area contributed by atoms with Crippen molar-refractivity contribution in [2.45, 2.75) is 52.9 Å². The lowest BCUT2D eigenvalue weighted by Crippen LogP contribution is -2.43. The number of ether oxygens (including phenoxy) is 1. The van der Waals surface area contributed by atoms with E-state index in [2.05, 4.69) is 10.3 Å². The van der Waals surface area contributed by atoms with Gasteiger partial charge in [0.1, 0.15) is 23.9 Å². The number of fused-ring (bicyclic) bond motifs is 1. The third-order valence-corrected chi connectivity index (χ3v) is 5.71. The van der Waals surface area contributed by atoms with Crippen LogP contribution >= 0.6 is 0 Å². The third-order valence-electron chi connectivity index (χ3n) is 5.71. The van der Waals surface area contributed by atoms with Gasteiger partial charge in [-0.3, -0.25) is 9.69 Å². The van der Waals surface area contributed by atoms with Crippen LogP contribution in [0.25, 0.3) is 0 Å². The van der Waals surface area contributed by atoms with Gasteiger partial charge in [-0.2, -0.15) is 18.3 Å². The fraction of sp³-hybridized carbons (Fsp3) is 0.409. The van der Waals surface area contributed by atoms with Crippen LogP contribution in [-0.2, 0) is 6.61 Å². The van der Waals surface area contributed by atoms with Gasteiger partial charge in [0.15, 0.2) is 11.7 Å². The number of aromatic nitrogens is 3. The van der Waals surface area contributed by atoms with Gasteiger partial charge in [0.05, 0.1) is 11.3 Å². The molecule has 1 atom stereocenters. The van der Waals surface area contributed by atoms with E-state index in [4.69, 9.17) is 9.26 Å². The topological polar surface area (TPSA) is 73.4 Å². The first-order valence-corrected chi connectivity index (χ1v) is 10.2. The molecule has 0 aliphatic carbocycles. The number of hydrogen-bond donors (Lipinski definition) is 0. The number of carbonyl (C=O) groups excluding carboxylic acids is 1. The van der Waals surface area contributed by atoms with Crippen molar-refractivity contribution in [2.75, 3.05) is 11.4 Å². The number of rotatable bonds is 4. The van der Waals surface area contributed by atoms with Gasteiger partial charge in [0, 0.05) is 12.6 Å². The number of anilines is 1. The van der Waals surface area contributed by atoms with Gasteiger partial charge in [-0.25, -0.2) is 4.68 Å². The summed E-state index contributed by atoms with van der Waals surface area (Å²) in [6.07, 6.45) is -4.76. The molecule has 170 valence electrons. The zero-order valence-electron chi connectivity index (χ0n) is 18.2. The first-order valence-electron chi connectivity index (χ1n) is 10.2. The zero-order valence-corrected chi connectivity index (χ0v) is 18.2. The van der Waals surface area contributed by atoms with Crippen LogP contribution in [0.15, 0.2) is 28.8 Å². The van der Waals surface area contributed by atoms with Crippen molar-refractivity contribution in [3.8, 4) is 5.75 Å². The van der Waals surface area contributed by atoms with Gasteiger partial charge in [-0.1, -0.05) is 11.2 Å². The fourth-order valence-corrected chi connectivity index (χ4v) is 3.75. The smallest absolute Gasteiger partial charge is 0.410 e. The molecule has 7 nitrogen and oxygen atoms in total. The van der Waals surface area contributed by atoms with Crippen molar-refractivity contribution in [3.63, 3.8) is 0 Å². The van der Waals surface area contributed by atoms with Crippen LogP contribution in [0.1, 0.15) is 51.1 Å². The largest absolute Gasteiger partial charge is 0.489 e. The highest BCUT2D eigenvalue weighted by Gasteiger charge is 2.46. The molecule has 1 aromatic carbocycles. The molecule has 0 fully saturated rings. The fourth-order valence-electron chi connectivity index (χ4n) is 3.75. The van der Waals surface area contributed by atoms with Gasteiger partial charge in [0.25, 0.3) is 5.91 Å². The average molecular weight is 448 g/mol. The predicted octanol–water partition coefficient (Wildman–Crippen LogP) is 4.84.